The molecule has 1 aromatic heterocycles. The Morgan fingerprint density at radius 3 is 2.71 bits per heavy atom. The van der Waals surface area contributed by atoms with Crippen molar-refractivity contribution in [3.63, 3.8) is 0 Å². The largest absolute Gasteiger partial charge is 0.507 e. The number of piperidine rings is 1. The molecule has 8 nitrogen and oxygen atoms in total. The van der Waals surface area contributed by atoms with Crippen LogP contribution in [0.25, 0.3) is 11.3 Å². The molecule has 2 heterocycles. The highest BCUT2D eigenvalue weighted by Crippen LogP contribution is 2.43. The van der Waals surface area contributed by atoms with Crippen molar-refractivity contribution in [3.8, 4) is 22.8 Å². The molecule has 1 aliphatic heterocycles. The third kappa shape index (κ3) is 6.17. The van der Waals surface area contributed by atoms with Crippen LogP contribution in [0.1, 0.15) is 57.9 Å². The summed E-state index contributed by atoms with van der Waals surface area (Å²) >= 11 is 0. The number of hydrogen-bond acceptors (Lipinski definition) is 7. The van der Waals surface area contributed by atoms with E-state index in [2.05, 4.69) is 10.3 Å². The molecule has 1 amide bonds. The predicted molar refractivity (Wildman–Crippen MR) is 138 cm³/mol. The summed E-state index contributed by atoms with van der Waals surface area (Å²) in [5.74, 6) is 1.60. The monoisotopic (exact) mass is 482 g/mol. The number of rotatable bonds is 7. The van der Waals surface area contributed by atoms with Crippen molar-refractivity contribution in [1.82, 2.24) is 10.3 Å². The average Bonchev–Trinajstić information content (AvgIpc) is 3.65. The molecule has 35 heavy (non-hydrogen) atoms. The van der Waals surface area contributed by atoms with E-state index in [0.717, 1.165) is 31.5 Å². The number of aromatic hydroxyl groups is 1. The molecule has 2 aromatic rings. The number of hydrogen-bond donors (Lipinski definition) is 3. The molecule has 1 saturated carbocycles. The number of phenols is 1. The minimum Gasteiger partial charge on any atom is -0.507 e. The summed E-state index contributed by atoms with van der Waals surface area (Å²) in [7, 11) is 1.67. The van der Waals surface area contributed by atoms with Crippen molar-refractivity contribution in [2.24, 2.45) is 11.3 Å². The summed E-state index contributed by atoms with van der Waals surface area (Å²) in [6, 6.07) is 7.18. The molecule has 190 valence electrons. The van der Waals surface area contributed by atoms with Gasteiger partial charge in [-0.3, -0.25) is 4.90 Å². The van der Waals surface area contributed by atoms with E-state index >= 15 is 0 Å². The minimum absolute atomic E-state index is 0.0867. The topological polar surface area (TPSA) is 110 Å². The van der Waals surface area contributed by atoms with Crippen LogP contribution in [0.15, 0.2) is 24.3 Å². The first-order valence-electron chi connectivity index (χ1n) is 12.5. The van der Waals surface area contributed by atoms with Gasteiger partial charge < -0.3 is 25.6 Å². The Balaban J connectivity index is 1.74. The lowest BCUT2D eigenvalue weighted by Crippen LogP contribution is -2.34. The standard InChI is InChI=1S/C27H38N4O4/c1-27(2,3)16-35-26(33)31(4)24-19(18-7-6-12-29-14-18)13-20(30-25(24)28)23-21(32)8-5-9-22(23)34-15-17-10-11-17/h5,8-9,13,17-18,29,32H,6-7,10-12,14-16H2,1-4H3,(H2,28,30). The number of nitrogen functional groups attached to an aromatic ring is 1. The van der Waals surface area contributed by atoms with Gasteiger partial charge in [-0.2, -0.15) is 0 Å². The van der Waals surface area contributed by atoms with Crippen molar-refractivity contribution in [3.05, 3.63) is 29.8 Å². The zero-order valence-corrected chi connectivity index (χ0v) is 21.3. The summed E-state index contributed by atoms with van der Waals surface area (Å²) in [5, 5.41) is 14.2. The lowest BCUT2D eigenvalue weighted by molar-refractivity contribution is 0.113. The molecule has 4 N–H and O–H groups in total. The van der Waals surface area contributed by atoms with Crippen molar-refractivity contribution in [2.45, 2.75) is 52.4 Å². The Morgan fingerprint density at radius 1 is 1.29 bits per heavy atom. The van der Waals surface area contributed by atoms with Gasteiger partial charge in [-0.25, -0.2) is 9.78 Å². The fourth-order valence-corrected chi connectivity index (χ4v) is 4.36. The van der Waals surface area contributed by atoms with Crippen LogP contribution in [0.5, 0.6) is 11.5 Å². The smallest absolute Gasteiger partial charge is 0.414 e. The van der Waals surface area contributed by atoms with Crippen LogP contribution in [0.4, 0.5) is 16.3 Å². The second-order valence-corrected chi connectivity index (χ2v) is 11.0. The minimum atomic E-state index is -0.470. The molecule has 0 radical (unpaired) electrons. The Hall–Kier alpha value is -3.00. The first-order valence-corrected chi connectivity index (χ1v) is 12.5. The molecular formula is C27H38N4O4. The predicted octanol–water partition coefficient (Wildman–Crippen LogP) is 4.91. The van der Waals surface area contributed by atoms with Crippen LogP contribution in [0.2, 0.25) is 0 Å². The highest BCUT2D eigenvalue weighted by molar-refractivity contribution is 5.93. The van der Waals surface area contributed by atoms with Gasteiger partial charge >= 0.3 is 6.09 Å². The molecule has 1 unspecified atom stereocenters. The second-order valence-electron chi connectivity index (χ2n) is 11.0. The van der Waals surface area contributed by atoms with Crippen LogP contribution in [0, 0.1) is 11.3 Å². The highest BCUT2D eigenvalue weighted by Gasteiger charge is 2.29. The van der Waals surface area contributed by atoms with Gasteiger partial charge in [0, 0.05) is 13.6 Å². The van der Waals surface area contributed by atoms with Gasteiger partial charge in [0.2, 0.25) is 0 Å². The van der Waals surface area contributed by atoms with Gasteiger partial charge in [0.25, 0.3) is 0 Å². The number of nitrogens with one attached hydrogen (secondary N) is 1. The van der Waals surface area contributed by atoms with E-state index in [1.165, 1.54) is 17.7 Å². The number of benzene rings is 1. The molecule has 1 saturated heterocycles. The normalized spacial score (nSPS) is 18.2. The van der Waals surface area contributed by atoms with Crippen LogP contribution >= 0.6 is 0 Å². The fraction of sp³-hybridized carbons (Fsp3) is 0.556. The summed E-state index contributed by atoms with van der Waals surface area (Å²) < 4.78 is 11.6. The SMILES string of the molecule is CN(C(=O)OCC(C)(C)C)c1c(C2CCCNC2)cc(-c2c(O)cccc2OCC2CC2)nc1N. The number of ether oxygens (including phenoxy) is 2. The van der Waals surface area contributed by atoms with E-state index in [0.29, 0.717) is 41.8 Å². The van der Waals surface area contributed by atoms with Gasteiger partial charge in [0.15, 0.2) is 0 Å². The van der Waals surface area contributed by atoms with Crippen LogP contribution in [-0.4, -0.2) is 49.5 Å². The lowest BCUT2D eigenvalue weighted by Gasteiger charge is -2.30. The maximum absolute atomic E-state index is 12.9. The van der Waals surface area contributed by atoms with Crippen molar-refractivity contribution < 1.29 is 19.4 Å². The summed E-state index contributed by atoms with van der Waals surface area (Å²) in [6.07, 6.45) is 3.85. The number of carbonyl (C=O) groups is 1. The molecule has 4 rings (SSSR count). The van der Waals surface area contributed by atoms with Gasteiger partial charge in [-0.1, -0.05) is 26.8 Å². The van der Waals surface area contributed by atoms with Gasteiger partial charge in [0.05, 0.1) is 30.2 Å². The van der Waals surface area contributed by atoms with E-state index in [1.807, 2.05) is 32.9 Å². The second kappa shape index (κ2) is 10.3. The third-order valence-corrected chi connectivity index (χ3v) is 6.46. The fourth-order valence-electron chi connectivity index (χ4n) is 4.36. The van der Waals surface area contributed by atoms with E-state index in [9.17, 15) is 9.90 Å². The lowest BCUT2D eigenvalue weighted by atomic mass is 9.89. The molecule has 1 atom stereocenters. The van der Waals surface area contributed by atoms with Crippen LogP contribution in [-0.2, 0) is 4.74 Å². The number of aromatic nitrogens is 1. The van der Waals surface area contributed by atoms with Crippen molar-refractivity contribution in [2.75, 3.05) is 44.0 Å². The van der Waals surface area contributed by atoms with E-state index in [4.69, 9.17) is 15.2 Å². The average molecular weight is 483 g/mol. The zero-order valence-electron chi connectivity index (χ0n) is 21.3. The van der Waals surface area contributed by atoms with Crippen LogP contribution in [0.3, 0.4) is 0 Å². The number of nitrogens with zero attached hydrogens (tertiary/aromatic N) is 2. The van der Waals surface area contributed by atoms with Crippen molar-refractivity contribution >= 4 is 17.6 Å². The highest BCUT2D eigenvalue weighted by atomic mass is 16.6. The Bertz CT molecular complexity index is 1060. The van der Waals surface area contributed by atoms with Gasteiger partial charge in [-0.05, 0) is 73.2 Å². The number of amides is 1. The van der Waals surface area contributed by atoms with E-state index in [-0.39, 0.29) is 22.9 Å². The Labute approximate surface area is 207 Å². The Morgan fingerprint density at radius 2 is 2.06 bits per heavy atom. The third-order valence-electron chi connectivity index (χ3n) is 6.46. The number of phenolic OH excluding ortho intramolecular Hbond substituents is 1. The molecule has 2 fully saturated rings. The first kappa shape index (κ1) is 25.1. The Kier molecular flexibility index (Phi) is 7.40. The number of nitrogens with two attached hydrogens (primary N) is 1. The molecule has 1 aromatic carbocycles. The maximum Gasteiger partial charge on any atom is 0.414 e. The number of carbonyl (C=O) groups excluding carboxylic acids is 1. The van der Waals surface area contributed by atoms with Gasteiger partial charge in [0.1, 0.15) is 17.3 Å². The summed E-state index contributed by atoms with van der Waals surface area (Å²) in [6.45, 7) is 8.68. The quantitative estimate of drug-likeness (QED) is 0.514. The molecule has 0 spiro atoms. The maximum atomic E-state index is 12.9. The van der Waals surface area contributed by atoms with Crippen LogP contribution < -0.4 is 20.7 Å². The molecular weight excluding hydrogens is 444 g/mol. The molecule has 8 heteroatoms. The molecule has 0 bridgehead atoms. The van der Waals surface area contributed by atoms with Gasteiger partial charge in [-0.15, -0.1) is 0 Å². The van der Waals surface area contributed by atoms with Crippen molar-refractivity contribution in [1.29, 1.82) is 0 Å². The van der Waals surface area contributed by atoms with E-state index in [1.54, 1.807) is 19.2 Å². The molecule has 2 aliphatic rings. The first-order chi connectivity index (χ1) is 16.6. The van der Waals surface area contributed by atoms with E-state index < -0.39 is 6.09 Å². The number of anilines is 2. The summed E-state index contributed by atoms with van der Waals surface area (Å²) in [5.41, 5.74) is 8.88. The molecule has 1 aliphatic carbocycles. The number of pyridine rings is 1. The zero-order chi connectivity index (χ0) is 25.2. The summed E-state index contributed by atoms with van der Waals surface area (Å²) in [4.78, 5) is 19.0.